The number of nitrogens with one attached hydrogen (secondary N) is 2. The number of rotatable bonds is 9. The van der Waals surface area contributed by atoms with E-state index < -0.39 is 17.4 Å². The van der Waals surface area contributed by atoms with Crippen LogP contribution >= 0.6 is 0 Å². The van der Waals surface area contributed by atoms with E-state index in [4.69, 9.17) is 4.74 Å². The number of hydrogen-bond acceptors (Lipinski definition) is 7. The van der Waals surface area contributed by atoms with Crippen molar-refractivity contribution in [2.75, 3.05) is 18.5 Å². The Bertz CT molecular complexity index is 910. The minimum absolute atomic E-state index is 0.0689. The van der Waals surface area contributed by atoms with Crippen molar-refractivity contribution in [3.63, 3.8) is 0 Å². The number of anilines is 1. The molecule has 1 aliphatic rings. The zero-order chi connectivity index (χ0) is 21.0. The molecule has 2 aromatic heterocycles. The maximum Gasteiger partial charge on any atom is 0.280 e. The Morgan fingerprint density at radius 2 is 2.31 bits per heavy atom. The quantitative estimate of drug-likeness (QED) is 0.491. The van der Waals surface area contributed by atoms with Crippen LogP contribution in [0.5, 0.6) is 0 Å². The number of carbonyl (C=O) groups is 1. The predicted molar refractivity (Wildman–Crippen MR) is 106 cm³/mol. The number of aromatic nitrogens is 4. The number of aromatic amines is 1. The van der Waals surface area contributed by atoms with E-state index >= 15 is 0 Å². The molecule has 10 heteroatoms. The van der Waals surface area contributed by atoms with Crippen molar-refractivity contribution in [1.82, 2.24) is 19.5 Å². The van der Waals surface area contributed by atoms with Gasteiger partial charge in [-0.15, -0.1) is 0 Å². The minimum atomic E-state index is -0.817. The molecule has 0 aliphatic carbocycles. The van der Waals surface area contributed by atoms with E-state index in [9.17, 15) is 19.8 Å². The molecule has 1 amide bonds. The van der Waals surface area contributed by atoms with Crippen molar-refractivity contribution in [1.29, 1.82) is 0 Å². The fourth-order valence-electron chi connectivity index (χ4n) is 3.65. The van der Waals surface area contributed by atoms with Gasteiger partial charge in [0.05, 0.1) is 18.5 Å². The summed E-state index contributed by atoms with van der Waals surface area (Å²) in [6, 6.07) is 0. The molecule has 0 aromatic carbocycles. The van der Waals surface area contributed by atoms with E-state index in [1.165, 1.54) is 6.33 Å². The summed E-state index contributed by atoms with van der Waals surface area (Å²) in [6.45, 7) is 3.60. The molecule has 0 saturated carbocycles. The van der Waals surface area contributed by atoms with Gasteiger partial charge in [0.15, 0.2) is 11.2 Å². The lowest BCUT2D eigenvalue weighted by atomic mass is 9.97. The largest absolute Gasteiger partial charge is 0.396 e. The van der Waals surface area contributed by atoms with Gasteiger partial charge < -0.3 is 14.9 Å². The van der Waals surface area contributed by atoms with E-state index in [1.807, 2.05) is 6.92 Å². The van der Waals surface area contributed by atoms with Crippen molar-refractivity contribution < 1.29 is 19.7 Å². The first-order valence-electron chi connectivity index (χ1n) is 10.1. The molecule has 1 fully saturated rings. The Hall–Kier alpha value is -2.30. The molecule has 160 valence electrons. The number of unbranched alkanes of at least 4 members (excludes halogenated alkanes) is 1. The maximum absolute atomic E-state index is 12.4. The summed E-state index contributed by atoms with van der Waals surface area (Å²) in [6.07, 6.45) is 5.18. The van der Waals surface area contributed by atoms with Crippen LogP contribution in [0.3, 0.4) is 0 Å². The number of carbonyl (C=O) groups excluding carboxylic acids is 1. The summed E-state index contributed by atoms with van der Waals surface area (Å²) >= 11 is 0. The number of imidazole rings is 1. The lowest BCUT2D eigenvalue weighted by molar-refractivity contribution is -0.119. The summed E-state index contributed by atoms with van der Waals surface area (Å²) in [4.78, 5) is 35.8. The van der Waals surface area contributed by atoms with Gasteiger partial charge in [-0.2, -0.15) is 4.98 Å². The van der Waals surface area contributed by atoms with Crippen LogP contribution in [-0.4, -0.2) is 54.5 Å². The summed E-state index contributed by atoms with van der Waals surface area (Å²) in [5.74, 6) is -0.326. The molecule has 4 N–H and O–H groups in total. The SMILES string of the molecule is CCCCC(C)C(=O)Nc1nc2c(ncn2[C@H]2CC[C@](CO)(CCO)O2)c(=O)[nH]1. The molecule has 3 heterocycles. The van der Waals surface area contributed by atoms with Gasteiger partial charge >= 0.3 is 0 Å². The zero-order valence-electron chi connectivity index (χ0n) is 16.8. The highest BCUT2D eigenvalue weighted by Gasteiger charge is 2.40. The van der Waals surface area contributed by atoms with Crippen LogP contribution in [0.2, 0.25) is 0 Å². The smallest absolute Gasteiger partial charge is 0.280 e. The Labute approximate surface area is 168 Å². The molecule has 1 aliphatic heterocycles. The summed E-state index contributed by atoms with van der Waals surface area (Å²) in [5, 5.41) is 21.6. The molecule has 3 atom stereocenters. The minimum Gasteiger partial charge on any atom is -0.396 e. The molecule has 0 bridgehead atoms. The zero-order valence-corrected chi connectivity index (χ0v) is 16.8. The second-order valence-electron chi connectivity index (χ2n) is 7.70. The van der Waals surface area contributed by atoms with Gasteiger partial charge in [0, 0.05) is 18.9 Å². The highest BCUT2D eigenvalue weighted by molar-refractivity contribution is 5.91. The molecule has 1 unspecified atom stereocenters. The van der Waals surface area contributed by atoms with Crippen LogP contribution in [-0.2, 0) is 9.53 Å². The third-order valence-electron chi connectivity index (χ3n) is 5.51. The Morgan fingerprint density at radius 3 is 3.00 bits per heavy atom. The van der Waals surface area contributed by atoms with Crippen LogP contribution in [0.4, 0.5) is 5.95 Å². The van der Waals surface area contributed by atoms with E-state index in [0.29, 0.717) is 24.9 Å². The van der Waals surface area contributed by atoms with Gasteiger partial charge in [-0.25, -0.2) is 4.98 Å². The average molecular weight is 407 g/mol. The monoisotopic (exact) mass is 407 g/mol. The van der Waals surface area contributed by atoms with E-state index in [0.717, 1.165) is 19.3 Å². The lowest BCUT2D eigenvalue weighted by Gasteiger charge is -2.26. The van der Waals surface area contributed by atoms with Crippen LogP contribution in [0, 0.1) is 5.92 Å². The van der Waals surface area contributed by atoms with Crippen LogP contribution in [0.25, 0.3) is 11.2 Å². The molecule has 0 radical (unpaired) electrons. The Morgan fingerprint density at radius 1 is 1.52 bits per heavy atom. The van der Waals surface area contributed by atoms with Gasteiger partial charge in [0.1, 0.15) is 6.23 Å². The first-order chi connectivity index (χ1) is 13.9. The molecule has 10 nitrogen and oxygen atoms in total. The summed E-state index contributed by atoms with van der Waals surface area (Å²) in [5.41, 5.74) is -0.822. The molecule has 3 rings (SSSR count). The number of fused-ring (bicyclic) bond motifs is 1. The van der Waals surface area contributed by atoms with Crippen molar-refractivity contribution in [3.8, 4) is 0 Å². The van der Waals surface area contributed by atoms with Gasteiger partial charge in [-0.1, -0.05) is 26.7 Å². The fraction of sp³-hybridized carbons (Fsp3) is 0.684. The number of ether oxygens (including phenoxy) is 1. The van der Waals surface area contributed by atoms with Crippen molar-refractivity contribution in [2.45, 2.75) is 64.2 Å². The normalized spacial score (nSPS) is 22.8. The summed E-state index contributed by atoms with van der Waals surface area (Å²) < 4.78 is 7.64. The lowest BCUT2D eigenvalue weighted by Crippen LogP contribution is -2.34. The standard InChI is InChI=1S/C19H29N5O5/c1-3-4-5-12(2)16(27)22-18-21-15-14(17(28)23-18)20-11-24(15)13-6-7-19(10-26,29-13)8-9-25/h11-13,25-26H,3-10H2,1-2H3,(H2,21,22,23,27,28)/t12?,13-,19-/m1/s1. The third kappa shape index (κ3) is 4.49. The highest BCUT2D eigenvalue weighted by Crippen LogP contribution is 2.39. The van der Waals surface area contributed by atoms with E-state index in [1.54, 1.807) is 4.57 Å². The van der Waals surface area contributed by atoms with Crippen molar-refractivity contribution in [3.05, 3.63) is 16.7 Å². The first-order valence-corrected chi connectivity index (χ1v) is 10.1. The average Bonchev–Trinajstić information content (AvgIpc) is 3.31. The van der Waals surface area contributed by atoms with E-state index in [-0.39, 0.29) is 36.5 Å². The molecule has 29 heavy (non-hydrogen) atoms. The van der Waals surface area contributed by atoms with Gasteiger partial charge in [0.25, 0.3) is 5.56 Å². The van der Waals surface area contributed by atoms with E-state index in [2.05, 4.69) is 27.2 Å². The number of hydrogen-bond donors (Lipinski definition) is 4. The number of H-pyrrole nitrogens is 1. The molecule has 0 spiro atoms. The molecule has 2 aromatic rings. The number of aliphatic hydroxyl groups excluding tert-OH is 2. The number of nitrogens with zero attached hydrogens (tertiary/aromatic N) is 3. The fourth-order valence-corrected chi connectivity index (χ4v) is 3.65. The van der Waals surface area contributed by atoms with Gasteiger partial charge in [-0.05, 0) is 19.3 Å². The van der Waals surface area contributed by atoms with Crippen molar-refractivity contribution in [2.24, 2.45) is 5.92 Å². The Kier molecular flexibility index (Phi) is 6.66. The van der Waals surface area contributed by atoms with Gasteiger partial charge in [0.2, 0.25) is 11.9 Å². The second-order valence-corrected chi connectivity index (χ2v) is 7.70. The molecular weight excluding hydrogens is 378 g/mol. The van der Waals surface area contributed by atoms with Crippen LogP contribution in [0.15, 0.2) is 11.1 Å². The van der Waals surface area contributed by atoms with Gasteiger partial charge in [-0.3, -0.25) is 24.5 Å². The Balaban J connectivity index is 1.84. The van der Waals surface area contributed by atoms with Crippen LogP contribution in [0.1, 0.15) is 58.6 Å². The topological polar surface area (TPSA) is 142 Å². The highest BCUT2D eigenvalue weighted by atomic mass is 16.5. The van der Waals surface area contributed by atoms with Crippen molar-refractivity contribution >= 4 is 23.0 Å². The van der Waals surface area contributed by atoms with Crippen LogP contribution < -0.4 is 10.9 Å². The predicted octanol–water partition coefficient (Wildman–Crippen LogP) is 1.31. The number of amides is 1. The number of aliphatic hydroxyl groups is 2. The second kappa shape index (κ2) is 9.02. The third-order valence-corrected chi connectivity index (χ3v) is 5.51. The molecular formula is C19H29N5O5. The molecule has 1 saturated heterocycles. The first kappa shape index (κ1) is 21.4. The summed E-state index contributed by atoms with van der Waals surface area (Å²) in [7, 11) is 0. The maximum atomic E-state index is 12.4.